The van der Waals surface area contributed by atoms with Gasteiger partial charge in [0.2, 0.25) is 0 Å². The van der Waals surface area contributed by atoms with Gasteiger partial charge in [-0.05, 0) is 36.2 Å². The highest BCUT2D eigenvalue weighted by Crippen LogP contribution is 2.17. The van der Waals surface area contributed by atoms with Crippen molar-refractivity contribution in [3.63, 3.8) is 0 Å². The third-order valence-electron chi connectivity index (χ3n) is 3.57. The van der Waals surface area contributed by atoms with E-state index in [-0.39, 0.29) is 12.6 Å². The molecule has 0 aliphatic rings. The molecule has 2 N–H and O–H groups in total. The number of ether oxygens (including phenoxy) is 1. The van der Waals surface area contributed by atoms with Gasteiger partial charge in [0.25, 0.3) is 0 Å². The summed E-state index contributed by atoms with van der Waals surface area (Å²) in [6.45, 7) is 2.00. The first-order valence-corrected chi connectivity index (χ1v) is 7.85. The van der Waals surface area contributed by atoms with Gasteiger partial charge >= 0.3 is 11.8 Å². The van der Waals surface area contributed by atoms with Crippen LogP contribution in [0.3, 0.4) is 0 Å². The minimum absolute atomic E-state index is 0.197. The molecule has 2 amide bonds. The average molecular weight is 347 g/mol. The molecule has 0 aromatic heterocycles. The van der Waals surface area contributed by atoms with Gasteiger partial charge in [-0.15, -0.1) is 0 Å². The molecule has 126 valence electrons. The number of hydrogen-bond acceptors (Lipinski definition) is 3. The smallest absolute Gasteiger partial charge is 0.309 e. The molecule has 0 aliphatic carbocycles. The van der Waals surface area contributed by atoms with Crippen molar-refractivity contribution in [1.82, 2.24) is 10.6 Å². The first-order valence-electron chi connectivity index (χ1n) is 7.47. The first kappa shape index (κ1) is 17.8. The molecule has 24 heavy (non-hydrogen) atoms. The molecular formula is C18H19ClN2O3. The summed E-state index contributed by atoms with van der Waals surface area (Å²) in [6.07, 6.45) is 0. The summed E-state index contributed by atoms with van der Waals surface area (Å²) in [4.78, 5) is 23.9. The van der Waals surface area contributed by atoms with Gasteiger partial charge in [-0.2, -0.15) is 0 Å². The predicted octanol–water partition coefficient (Wildman–Crippen LogP) is 2.84. The third-order valence-corrected chi connectivity index (χ3v) is 3.94. The first-order chi connectivity index (χ1) is 11.5. The summed E-state index contributed by atoms with van der Waals surface area (Å²) in [5.74, 6) is -0.657. The number of rotatable bonds is 5. The zero-order valence-electron chi connectivity index (χ0n) is 13.5. The highest BCUT2D eigenvalue weighted by molar-refractivity contribution is 6.35. The van der Waals surface area contributed by atoms with E-state index in [1.54, 1.807) is 44.4 Å². The van der Waals surface area contributed by atoms with Crippen LogP contribution in [-0.2, 0) is 16.1 Å². The van der Waals surface area contributed by atoms with Crippen molar-refractivity contribution in [2.45, 2.75) is 19.5 Å². The van der Waals surface area contributed by atoms with Crippen LogP contribution in [-0.4, -0.2) is 18.9 Å². The maximum Gasteiger partial charge on any atom is 0.309 e. The topological polar surface area (TPSA) is 67.4 Å². The Morgan fingerprint density at radius 2 is 1.75 bits per heavy atom. The molecule has 2 aromatic rings. The second-order valence-corrected chi connectivity index (χ2v) is 5.65. The van der Waals surface area contributed by atoms with Crippen molar-refractivity contribution in [1.29, 1.82) is 0 Å². The van der Waals surface area contributed by atoms with Crippen LogP contribution in [0.5, 0.6) is 5.75 Å². The molecule has 0 saturated carbocycles. The van der Waals surface area contributed by atoms with Gasteiger partial charge in [-0.3, -0.25) is 9.59 Å². The van der Waals surface area contributed by atoms with Crippen LogP contribution in [0.1, 0.15) is 24.1 Å². The minimum atomic E-state index is -0.699. The fourth-order valence-corrected chi connectivity index (χ4v) is 2.34. The lowest BCUT2D eigenvalue weighted by Gasteiger charge is -2.14. The average Bonchev–Trinajstić information content (AvgIpc) is 2.60. The SMILES string of the molecule is COc1ccc(C(C)NC(=O)C(=O)NCc2ccccc2Cl)cc1. The Hall–Kier alpha value is -2.53. The van der Waals surface area contributed by atoms with Gasteiger partial charge in [0, 0.05) is 11.6 Å². The van der Waals surface area contributed by atoms with Crippen LogP contribution in [0.4, 0.5) is 0 Å². The molecule has 1 unspecified atom stereocenters. The fourth-order valence-electron chi connectivity index (χ4n) is 2.14. The van der Waals surface area contributed by atoms with E-state index in [0.717, 1.165) is 16.9 Å². The van der Waals surface area contributed by atoms with Crippen molar-refractivity contribution in [3.8, 4) is 5.75 Å². The maximum atomic E-state index is 12.0. The second kappa shape index (κ2) is 8.36. The molecule has 0 radical (unpaired) electrons. The Bertz CT molecular complexity index is 716. The molecule has 0 saturated heterocycles. The van der Waals surface area contributed by atoms with Crippen LogP contribution < -0.4 is 15.4 Å². The van der Waals surface area contributed by atoms with Crippen molar-refractivity contribution in [2.24, 2.45) is 0 Å². The van der Waals surface area contributed by atoms with Crippen molar-refractivity contribution in [2.75, 3.05) is 7.11 Å². The Morgan fingerprint density at radius 1 is 1.08 bits per heavy atom. The maximum absolute atomic E-state index is 12.0. The molecular weight excluding hydrogens is 328 g/mol. The molecule has 0 heterocycles. The van der Waals surface area contributed by atoms with Crippen LogP contribution in [0.2, 0.25) is 5.02 Å². The van der Waals surface area contributed by atoms with E-state index in [1.165, 1.54) is 0 Å². The Labute approximate surface area is 146 Å². The van der Waals surface area contributed by atoms with E-state index >= 15 is 0 Å². The van der Waals surface area contributed by atoms with E-state index in [0.29, 0.717) is 5.02 Å². The molecule has 0 fully saturated rings. The molecule has 5 nitrogen and oxygen atoms in total. The van der Waals surface area contributed by atoms with Gasteiger partial charge in [0.05, 0.1) is 13.2 Å². The van der Waals surface area contributed by atoms with Gasteiger partial charge in [-0.25, -0.2) is 0 Å². The lowest BCUT2D eigenvalue weighted by molar-refractivity contribution is -0.139. The predicted molar refractivity (Wildman–Crippen MR) is 92.9 cm³/mol. The van der Waals surface area contributed by atoms with Crippen LogP contribution in [0.25, 0.3) is 0 Å². The second-order valence-electron chi connectivity index (χ2n) is 5.24. The number of carbonyl (C=O) groups is 2. The number of amides is 2. The lowest BCUT2D eigenvalue weighted by Crippen LogP contribution is -2.40. The number of benzene rings is 2. The Kier molecular flexibility index (Phi) is 6.21. The van der Waals surface area contributed by atoms with Crippen LogP contribution in [0.15, 0.2) is 48.5 Å². The Morgan fingerprint density at radius 3 is 2.38 bits per heavy atom. The zero-order valence-corrected chi connectivity index (χ0v) is 14.3. The number of halogens is 1. The number of carbonyl (C=O) groups excluding carboxylic acids is 2. The van der Waals surface area contributed by atoms with Gasteiger partial charge in [-0.1, -0.05) is 41.9 Å². The Balaban J connectivity index is 1.88. The van der Waals surface area contributed by atoms with E-state index in [1.807, 2.05) is 18.2 Å². The van der Waals surface area contributed by atoms with Gasteiger partial charge in [0.15, 0.2) is 0 Å². The summed E-state index contributed by atoms with van der Waals surface area (Å²) < 4.78 is 5.09. The monoisotopic (exact) mass is 346 g/mol. The summed E-state index contributed by atoms with van der Waals surface area (Å²) in [7, 11) is 1.59. The van der Waals surface area contributed by atoms with Crippen molar-refractivity contribution in [3.05, 3.63) is 64.7 Å². The molecule has 2 rings (SSSR count). The molecule has 0 spiro atoms. The van der Waals surface area contributed by atoms with Crippen LogP contribution >= 0.6 is 11.6 Å². The fraction of sp³-hybridized carbons (Fsp3) is 0.222. The number of methoxy groups -OCH3 is 1. The summed E-state index contributed by atoms with van der Waals surface area (Å²) in [5.41, 5.74) is 1.63. The van der Waals surface area contributed by atoms with Crippen LogP contribution in [0, 0.1) is 0 Å². The normalized spacial score (nSPS) is 11.5. The van der Waals surface area contributed by atoms with Gasteiger partial charge < -0.3 is 15.4 Å². The summed E-state index contributed by atoms with van der Waals surface area (Å²) >= 11 is 6.01. The standard InChI is InChI=1S/C18H19ClN2O3/c1-12(13-7-9-15(24-2)10-8-13)21-18(23)17(22)20-11-14-5-3-4-6-16(14)19/h3-10,12H,11H2,1-2H3,(H,20,22)(H,21,23). The van der Waals surface area contributed by atoms with Crippen molar-refractivity contribution >= 4 is 23.4 Å². The van der Waals surface area contributed by atoms with Gasteiger partial charge in [0.1, 0.15) is 5.75 Å². The quantitative estimate of drug-likeness (QED) is 0.818. The molecule has 1 atom stereocenters. The van der Waals surface area contributed by atoms with E-state index in [2.05, 4.69) is 10.6 Å². The minimum Gasteiger partial charge on any atom is -0.497 e. The van der Waals surface area contributed by atoms with Crippen molar-refractivity contribution < 1.29 is 14.3 Å². The van der Waals surface area contributed by atoms with E-state index < -0.39 is 11.8 Å². The zero-order chi connectivity index (χ0) is 17.5. The molecule has 0 bridgehead atoms. The largest absolute Gasteiger partial charge is 0.497 e. The van der Waals surface area contributed by atoms with E-state index in [4.69, 9.17) is 16.3 Å². The molecule has 0 aliphatic heterocycles. The number of nitrogens with one attached hydrogen (secondary N) is 2. The highest BCUT2D eigenvalue weighted by Gasteiger charge is 2.17. The number of hydrogen-bond donors (Lipinski definition) is 2. The molecule has 6 heteroatoms. The highest BCUT2D eigenvalue weighted by atomic mass is 35.5. The lowest BCUT2D eigenvalue weighted by atomic mass is 10.1. The summed E-state index contributed by atoms with van der Waals surface area (Å²) in [5, 5.41) is 5.76. The summed E-state index contributed by atoms with van der Waals surface area (Å²) in [6, 6.07) is 14.1. The molecule has 2 aromatic carbocycles. The third kappa shape index (κ3) is 4.73. The van der Waals surface area contributed by atoms with E-state index in [9.17, 15) is 9.59 Å².